The van der Waals surface area contributed by atoms with E-state index >= 15 is 0 Å². The van der Waals surface area contributed by atoms with Gasteiger partial charge in [0.1, 0.15) is 11.6 Å². The number of anilines is 1. The lowest BCUT2D eigenvalue weighted by molar-refractivity contribution is -0.121. The van der Waals surface area contributed by atoms with Crippen molar-refractivity contribution in [1.29, 1.82) is 0 Å². The Morgan fingerprint density at radius 1 is 1.23 bits per heavy atom. The molecule has 0 spiro atoms. The van der Waals surface area contributed by atoms with Crippen LogP contribution in [-0.4, -0.2) is 41.5 Å². The van der Waals surface area contributed by atoms with Crippen LogP contribution >= 0.6 is 11.6 Å². The van der Waals surface area contributed by atoms with Crippen molar-refractivity contribution in [3.05, 3.63) is 41.3 Å². The number of hydrogen-bond acceptors (Lipinski definition) is 4. The van der Waals surface area contributed by atoms with Crippen molar-refractivity contribution in [3.8, 4) is 0 Å². The SMILES string of the molecule is CC(C1CC1)n1nccc1NC(=O)C1CCN(S(=O)(=O)c2ccc(F)c(Cl)c2)CC1. The number of hydrogen-bond donors (Lipinski definition) is 1. The highest BCUT2D eigenvalue weighted by atomic mass is 35.5. The quantitative estimate of drug-likeness (QED) is 0.721. The first kappa shape index (κ1) is 21.3. The second kappa shape index (κ2) is 8.28. The van der Waals surface area contributed by atoms with Crippen molar-refractivity contribution < 1.29 is 17.6 Å². The molecule has 162 valence electrons. The van der Waals surface area contributed by atoms with Gasteiger partial charge in [-0.2, -0.15) is 9.40 Å². The second-order valence-corrected chi connectivity index (χ2v) is 10.3. The van der Waals surface area contributed by atoms with Crippen LogP contribution in [0.2, 0.25) is 5.02 Å². The maximum absolute atomic E-state index is 13.4. The molecule has 4 rings (SSSR count). The van der Waals surface area contributed by atoms with Crippen molar-refractivity contribution >= 4 is 33.3 Å². The first-order valence-electron chi connectivity index (χ1n) is 10.1. The van der Waals surface area contributed by atoms with E-state index in [0.717, 1.165) is 12.1 Å². The number of amides is 1. The molecule has 2 aromatic rings. The summed E-state index contributed by atoms with van der Waals surface area (Å²) in [6.07, 6.45) is 4.86. The Morgan fingerprint density at radius 2 is 1.93 bits per heavy atom. The summed E-state index contributed by atoms with van der Waals surface area (Å²) in [7, 11) is -3.78. The molecule has 1 saturated heterocycles. The van der Waals surface area contributed by atoms with Gasteiger partial charge >= 0.3 is 0 Å². The van der Waals surface area contributed by atoms with Gasteiger partial charge in [0.05, 0.1) is 22.2 Å². The van der Waals surface area contributed by atoms with E-state index in [1.165, 1.54) is 23.2 Å². The van der Waals surface area contributed by atoms with Gasteiger partial charge in [0.25, 0.3) is 0 Å². The smallest absolute Gasteiger partial charge is 0.243 e. The van der Waals surface area contributed by atoms with E-state index in [-0.39, 0.29) is 40.9 Å². The van der Waals surface area contributed by atoms with Gasteiger partial charge in [-0.15, -0.1) is 0 Å². The summed E-state index contributed by atoms with van der Waals surface area (Å²) in [5.41, 5.74) is 0. The Labute approximate surface area is 180 Å². The third kappa shape index (κ3) is 4.24. The molecule has 0 radical (unpaired) electrons. The van der Waals surface area contributed by atoms with E-state index in [0.29, 0.717) is 24.6 Å². The van der Waals surface area contributed by atoms with Gasteiger partial charge < -0.3 is 5.32 Å². The third-order valence-corrected chi connectivity index (χ3v) is 8.15. The predicted molar refractivity (Wildman–Crippen MR) is 111 cm³/mol. The molecule has 1 aliphatic heterocycles. The fourth-order valence-electron chi connectivity index (χ4n) is 3.89. The fourth-order valence-corrected chi connectivity index (χ4v) is 5.63. The highest BCUT2D eigenvalue weighted by Crippen LogP contribution is 2.40. The van der Waals surface area contributed by atoms with Crippen molar-refractivity contribution in [3.63, 3.8) is 0 Å². The molecule has 1 aliphatic carbocycles. The third-order valence-electron chi connectivity index (χ3n) is 5.97. The minimum Gasteiger partial charge on any atom is -0.311 e. The van der Waals surface area contributed by atoms with Crippen molar-refractivity contribution in [2.45, 2.75) is 43.5 Å². The number of piperidine rings is 1. The van der Waals surface area contributed by atoms with Crippen LogP contribution in [0.4, 0.5) is 10.2 Å². The predicted octanol–water partition coefficient (Wildman–Crippen LogP) is 3.69. The number of nitrogens with zero attached hydrogens (tertiary/aromatic N) is 3. The molecule has 2 heterocycles. The van der Waals surface area contributed by atoms with E-state index in [9.17, 15) is 17.6 Å². The zero-order chi connectivity index (χ0) is 21.5. The summed E-state index contributed by atoms with van der Waals surface area (Å²) in [6, 6.07) is 5.39. The number of benzene rings is 1. The van der Waals surface area contributed by atoms with Crippen LogP contribution in [0.1, 0.15) is 38.6 Å². The highest BCUT2D eigenvalue weighted by molar-refractivity contribution is 7.89. The van der Waals surface area contributed by atoms with Gasteiger partial charge in [-0.3, -0.25) is 4.79 Å². The molecule has 7 nitrogen and oxygen atoms in total. The topological polar surface area (TPSA) is 84.3 Å². The number of carbonyl (C=O) groups excluding carboxylic acids is 1. The summed E-state index contributed by atoms with van der Waals surface area (Å²) in [6.45, 7) is 2.53. The number of nitrogens with one attached hydrogen (secondary N) is 1. The summed E-state index contributed by atoms with van der Waals surface area (Å²) < 4.78 is 42.1. The normalized spacial score (nSPS) is 19.6. The van der Waals surface area contributed by atoms with Crippen LogP contribution in [0, 0.1) is 17.7 Å². The lowest BCUT2D eigenvalue weighted by atomic mass is 9.97. The Hall–Kier alpha value is -1.97. The molecular weight excluding hydrogens is 431 g/mol. The van der Waals surface area contributed by atoms with Crippen LogP contribution < -0.4 is 5.32 Å². The summed E-state index contributed by atoms with van der Waals surface area (Å²) in [5, 5.41) is 7.07. The molecule has 30 heavy (non-hydrogen) atoms. The monoisotopic (exact) mass is 454 g/mol. The standard InChI is InChI=1S/C20H24ClFN4O3S/c1-13(14-2-3-14)26-19(6-9-23-26)24-20(27)15-7-10-25(11-8-15)30(28,29)16-4-5-18(22)17(21)12-16/h4-6,9,12-15H,2-3,7-8,10-11H2,1H3,(H,24,27). The zero-order valence-electron chi connectivity index (χ0n) is 16.6. The van der Waals surface area contributed by atoms with Crippen LogP contribution in [0.15, 0.2) is 35.4 Å². The largest absolute Gasteiger partial charge is 0.311 e. The fraction of sp³-hybridized carbons (Fsp3) is 0.500. The Morgan fingerprint density at radius 3 is 2.57 bits per heavy atom. The number of carbonyl (C=O) groups is 1. The van der Waals surface area contributed by atoms with Crippen LogP contribution in [-0.2, 0) is 14.8 Å². The molecule has 10 heteroatoms. The lowest BCUT2D eigenvalue weighted by Crippen LogP contribution is -2.41. The molecule has 0 bridgehead atoms. The van der Waals surface area contributed by atoms with E-state index in [1.807, 2.05) is 4.68 Å². The maximum atomic E-state index is 13.4. The molecule has 2 fully saturated rings. The molecule has 1 atom stereocenters. The Bertz CT molecular complexity index is 1050. The zero-order valence-corrected chi connectivity index (χ0v) is 18.2. The summed E-state index contributed by atoms with van der Waals surface area (Å²) >= 11 is 5.73. The van der Waals surface area contributed by atoms with Gasteiger partial charge in [0, 0.05) is 25.1 Å². The van der Waals surface area contributed by atoms with Gasteiger partial charge in [0.15, 0.2) is 0 Å². The number of aromatic nitrogens is 2. The molecular formula is C20H24ClFN4O3S. The molecule has 1 N–H and O–H groups in total. The van der Waals surface area contributed by atoms with Gasteiger partial charge in [-0.1, -0.05) is 11.6 Å². The van der Waals surface area contributed by atoms with Gasteiger partial charge in [-0.25, -0.2) is 17.5 Å². The summed E-state index contributed by atoms with van der Waals surface area (Å²) in [5.74, 6) is 0.208. The van der Waals surface area contributed by atoms with Crippen molar-refractivity contribution in [1.82, 2.24) is 14.1 Å². The van der Waals surface area contributed by atoms with E-state index in [2.05, 4.69) is 17.3 Å². The highest BCUT2D eigenvalue weighted by Gasteiger charge is 2.34. The van der Waals surface area contributed by atoms with Crippen LogP contribution in [0.3, 0.4) is 0 Å². The van der Waals surface area contributed by atoms with Gasteiger partial charge in [-0.05, 0) is 56.7 Å². The second-order valence-electron chi connectivity index (χ2n) is 7.98. The number of sulfonamides is 1. The van der Waals surface area contributed by atoms with E-state index < -0.39 is 15.8 Å². The molecule has 1 aromatic carbocycles. The average molecular weight is 455 g/mol. The number of rotatable bonds is 6. The Kier molecular flexibility index (Phi) is 5.87. The van der Waals surface area contributed by atoms with Gasteiger partial charge in [0.2, 0.25) is 15.9 Å². The molecule has 2 aliphatic rings. The molecule has 1 saturated carbocycles. The average Bonchev–Trinajstić information content (AvgIpc) is 3.48. The molecule has 1 aromatic heterocycles. The minimum atomic E-state index is -3.78. The van der Waals surface area contributed by atoms with E-state index in [1.54, 1.807) is 12.3 Å². The van der Waals surface area contributed by atoms with Crippen molar-refractivity contribution in [2.24, 2.45) is 11.8 Å². The van der Waals surface area contributed by atoms with Crippen LogP contribution in [0.5, 0.6) is 0 Å². The van der Waals surface area contributed by atoms with Crippen LogP contribution in [0.25, 0.3) is 0 Å². The van der Waals surface area contributed by atoms with Crippen molar-refractivity contribution in [2.75, 3.05) is 18.4 Å². The first-order chi connectivity index (χ1) is 14.3. The maximum Gasteiger partial charge on any atom is 0.243 e. The molecule has 1 unspecified atom stereocenters. The minimum absolute atomic E-state index is 0.0465. The first-order valence-corrected chi connectivity index (χ1v) is 11.9. The van der Waals surface area contributed by atoms with E-state index in [4.69, 9.17) is 11.6 Å². The lowest BCUT2D eigenvalue weighted by Gasteiger charge is -2.30. The number of halogens is 2. The Balaban J connectivity index is 1.38. The molecule has 1 amide bonds. The summed E-state index contributed by atoms with van der Waals surface area (Å²) in [4.78, 5) is 12.7.